The van der Waals surface area contributed by atoms with Gasteiger partial charge in [0.25, 0.3) is 5.91 Å². The molecule has 1 aromatic rings. The molecule has 0 aliphatic carbocycles. The van der Waals surface area contributed by atoms with Crippen LogP contribution in [0.1, 0.15) is 28.8 Å². The van der Waals surface area contributed by atoms with Gasteiger partial charge < -0.3 is 10.4 Å². The molecule has 1 aliphatic rings. The highest BCUT2D eigenvalue weighted by Crippen LogP contribution is 2.30. The molecule has 1 fully saturated rings. The lowest BCUT2D eigenvalue weighted by molar-refractivity contribution is -0.137. The lowest BCUT2D eigenvalue weighted by Crippen LogP contribution is -2.45. The summed E-state index contributed by atoms with van der Waals surface area (Å²) in [5.41, 5.74) is -1.87. The molecule has 0 saturated carbocycles. The molecule has 0 unspecified atom stereocenters. The van der Waals surface area contributed by atoms with Crippen molar-refractivity contribution in [1.82, 2.24) is 5.32 Å². The molecule has 0 radical (unpaired) electrons. The summed E-state index contributed by atoms with van der Waals surface area (Å²) in [6.45, 7) is 0.0582. The largest absolute Gasteiger partial charge is 0.416 e. The fraction of sp³-hybridized carbons (Fsp3) is 0.500. The zero-order chi connectivity index (χ0) is 15.5. The molecule has 1 heterocycles. The van der Waals surface area contributed by atoms with Crippen LogP contribution in [0.3, 0.4) is 0 Å². The van der Waals surface area contributed by atoms with Gasteiger partial charge in [-0.3, -0.25) is 4.79 Å². The number of halogens is 3. The van der Waals surface area contributed by atoms with E-state index < -0.39 is 23.2 Å². The van der Waals surface area contributed by atoms with Crippen molar-refractivity contribution in [2.75, 3.05) is 18.1 Å². The second-order valence-corrected chi connectivity index (χ2v) is 6.32. The van der Waals surface area contributed by atoms with Crippen LogP contribution in [0.15, 0.2) is 24.3 Å². The number of alkyl halides is 3. The number of rotatable bonds is 3. The molecule has 1 aliphatic heterocycles. The van der Waals surface area contributed by atoms with Crippen LogP contribution in [-0.4, -0.2) is 34.7 Å². The number of hydrogen-bond donors (Lipinski definition) is 2. The zero-order valence-corrected chi connectivity index (χ0v) is 12.1. The van der Waals surface area contributed by atoms with Crippen molar-refractivity contribution in [2.45, 2.75) is 24.6 Å². The third-order valence-corrected chi connectivity index (χ3v) is 4.44. The molecule has 3 nitrogen and oxygen atoms in total. The highest BCUT2D eigenvalue weighted by Gasteiger charge is 2.32. The average Bonchev–Trinajstić information content (AvgIpc) is 2.45. The Labute approximate surface area is 124 Å². The first kappa shape index (κ1) is 16.2. The van der Waals surface area contributed by atoms with Crippen LogP contribution < -0.4 is 5.32 Å². The number of benzene rings is 1. The number of carbonyl (C=O) groups excluding carboxylic acids is 1. The first-order valence-electron chi connectivity index (χ1n) is 6.56. The predicted octanol–water partition coefficient (Wildman–Crippen LogP) is 2.69. The summed E-state index contributed by atoms with van der Waals surface area (Å²) in [5.74, 6) is 1.03. The molecule has 21 heavy (non-hydrogen) atoms. The monoisotopic (exact) mass is 319 g/mol. The van der Waals surface area contributed by atoms with E-state index in [0.29, 0.717) is 12.8 Å². The SMILES string of the molecule is O=C(NCC1(O)CCSCC1)c1cccc(C(F)(F)F)c1. The molecule has 1 aromatic carbocycles. The first-order valence-corrected chi connectivity index (χ1v) is 7.71. The van der Waals surface area contributed by atoms with E-state index in [4.69, 9.17) is 0 Å². The maximum absolute atomic E-state index is 12.6. The number of nitrogens with one attached hydrogen (secondary N) is 1. The molecular weight excluding hydrogens is 303 g/mol. The van der Waals surface area contributed by atoms with Crippen molar-refractivity contribution in [3.05, 3.63) is 35.4 Å². The Morgan fingerprint density at radius 3 is 2.62 bits per heavy atom. The Balaban J connectivity index is 2.00. The van der Waals surface area contributed by atoms with Crippen LogP contribution in [0.2, 0.25) is 0 Å². The molecule has 1 amide bonds. The van der Waals surface area contributed by atoms with Gasteiger partial charge in [-0.2, -0.15) is 24.9 Å². The molecule has 7 heteroatoms. The normalized spacial score (nSPS) is 18.3. The van der Waals surface area contributed by atoms with Gasteiger partial charge in [-0.15, -0.1) is 0 Å². The van der Waals surface area contributed by atoms with Crippen molar-refractivity contribution in [1.29, 1.82) is 0 Å². The van der Waals surface area contributed by atoms with Gasteiger partial charge in [-0.1, -0.05) is 6.07 Å². The minimum absolute atomic E-state index is 0.0568. The smallest absolute Gasteiger partial charge is 0.388 e. The number of amides is 1. The highest BCUT2D eigenvalue weighted by molar-refractivity contribution is 7.99. The van der Waals surface area contributed by atoms with Gasteiger partial charge in [-0.05, 0) is 42.5 Å². The van der Waals surface area contributed by atoms with Crippen LogP contribution in [0, 0.1) is 0 Å². The summed E-state index contributed by atoms with van der Waals surface area (Å²) in [4.78, 5) is 11.9. The minimum Gasteiger partial charge on any atom is -0.388 e. The van der Waals surface area contributed by atoms with Crippen LogP contribution in [0.25, 0.3) is 0 Å². The number of aliphatic hydroxyl groups is 1. The van der Waals surface area contributed by atoms with E-state index in [2.05, 4.69) is 5.32 Å². The second-order valence-electron chi connectivity index (χ2n) is 5.10. The molecular formula is C14H16F3NO2S. The summed E-state index contributed by atoms with van der Waals surface area (Å²) < 4.78 is 37.8. The Hall–Kier alpha value is -1.21. The number of hydrogen-bond acceptors (Lipinski definition) is 3. The molecule has 1 saturated heterocycles. The lowest BCUT2D eigenvalue weighted by Gasteiger charge is -2.31. The van der Waals surface area contributed by atoms with Crippen molar-refractivity contribution in [3.63, 3.8) is 0 Å². The number of thioether (sulfide) groups is 1. The second kappa shape index (κ2) is 6.27. The molecule has 2 rings (SSSR count). The van der Waals surface area contributed by atoms with E-state index >= 15 is 0 Å². The Bertz CT molecular complexity index is 513. The summed E-state index contributed by atoms with van der Waals surface area (Å²) >= 11 is 1.73. The van der Waals surface area contributed by atoms with Crippen LogP contribution in [-0.2, 0) is 6.18 Å². The average molecular weight is 319 g/mol. The fourth-order valence-electron chi connectivity index (χ4n) is 2.11. The predicted molar refractivity (Wildman–Crippen MR) is 75.3 cm³/mol. The van der Waals surface area contributed by atoms with E-state index in [1.165, 1.54) is 12.1 Å². The molecule has 0 spiro atoms. The fourth-order valence-corrected chi connectivity index (χ4v) is 3.36. The van der Waals surface area contributed by atoms with E-state index in [0.717, 1.165) is 23.6 Å². The van der Waals surface area contributed by atoms with Crippen molar-refractivity contribution in [2.24, 2.45) is 0 Å². The molecule has 116 valence electrons. The van der Waals surface area contributed by atoms with Crippen LogP contribution >= 0.6 is 11.8 Å². The van der Waals surface area contributed by atoms with E-state index in [1.54, 1.807) is 11.8 Å². The molecule has 0 aromatic heterocycles. The summed E-state index contributed by atoms with van der Waals surface area (Å²) in [6.07, 6.45) is -3.34. The van der Waals surface area contributed by atoms with Gasteiger partial charge in [0.05, 0.1) is 11.2 Å². The van der Waals surface area contributed by atoms with Crippen LogP contribution in [0.4, 0.5) is 13.2 Å². The minimum atomic E-state index is -4.48. The molecule has 2 N–H and O–H groups in total. The summed E-state index contributed by atoms with van der Waals surface area (Å²) in [7, 11) is 0. The Morgan fingerprint density at radius 1 is 1.33 bits per heavy atom. The topological polar surface area (TPSA) is 49.3 Å². The van der Waals surface area contributed by atoms with E-state index in [1.807, 2.05) is 0 Å². The summed E-state index contributed by atoms with van der Waals surface area (Å²) in [5, 5.41) is 12.8. The van der Waals surface area contributed by atoms with Gasteiger partial charge in [0, 0.05) is 12.1 Å². The first-order chi connectivity index (χ1) is 9.80. The Kier molecular flexibility index (Phi) is 4.83. The van der Waals surface area contributed by atoms with Crippen LogP contribution in [0.5, 0.6) is 0 Å². The maximum Gasteiger partial charge on any atom is 0.416 e. The van der Waals surface area contributed by atoms with Crippen molar-refractivity contribution in [3.8, 4) is 0 Å². The Morgan fingerprint density at radius 2 is 2.00 bits per heavy atom. The highest BCUT2D eigenvalue weighted by atomic mass is 32.2. The lowest BCUT2D eigenvalue weighted by atomic mass is 9.96. The van der Waals surface area contributed by atoms with E-state index in [9.17, 15) is 23.1 Å². The molecule has 0 atom stereocenters. The summed E-state index contributed by atoms with van der Waals surface area (Å²) in [6, 6.07) is 4.26. The third-order valence-electron chi connectivity index (χ3n) is 3.45. The number of carbonyl (C=O) groups is 1. The van der Waals surface area contributed by atoms with Gasteiger partial charge in [0.1, 0.15) is 0 Å². The standard InChI is InChI=1S/C14H16F3NO2S/c15-14(16,17)11-3-1-2-10(8-11)12(19)18-9-13(20)4-6-21-7-5-13/h1-3,8,20H,4-7,9H2,(H,18,19). The van der Waals surface area contributed by atoms with Crippen molar-refractivity contribution < 1.29 is 23.1 Å². The third kappa shape index (κ3) is 4.38. The zero-order valence-electron chi connectivity index (χ0n) is 11.2. The van der Waals surface area contributed by atoms with Gasteiger partial charge >= 0.3 is 6.18 Å². The maximum atomic E-state index is 12.6. The van der Waals surface area contributed by atoms with Crippen molar-refractivity contribution >= 4 is 17.7 Å². The van der Waals surface area contributed by atoms with Gasteiger partial charge in [0.2, 0.25) is 0 Å². The van der Waals surface area contributed by atoms with E-state index in [-0.39, 0.29) is 12.1 Å². The molecule has 0 bridgehead atoms. The van der Waals surface area contributed by atoms with Gasteiger partial charge in [-0.25, -0.2) is 0 Å². The quantitative estimate of drug-likeness (QED) is 0.900. The van der Waals surface area contributed by atoms with Gasteiger partial charge in [0.15, 0.2) is 0 Å².